The fraction of sp³-hybridized carbons (Fsp3) is 0.261. The van der Waals surface area contributed by atoms with E-state index >= 15 is 0 Å². The van der Waals surface area contributed by atoms with Crippen LogP contribution >= 0.6 is 0 Å². The van der Waals surface area contributed by atoms with Gasteiger partial charge in [0, 0.05) is 11.6 Å². The maximum atomic E-state index is 12.7. The molecule has 2 unspecified atom stereocenters. The lowest BCUT2D eigenvalue weighted by molar-refractivity contribution is -0.150. The lowest BCUT2D eigenvalue weighted by Gasteiger charge is -2.21. The van der Waals surface area contributed by atoms with Gasteiger partial charge < -0.3 is 10.1 Å². The number of pyridine rings is 1. The standard InChI is InChI=1S/C23H24N2O3/c1-3-16(2)22(17-9-5-4-6-10-17)23(27)28-15-21(26)25-20-13-7-12-19-18(20)11-8-14-24-19/h4-14,16,22H,3,15H2,1-2H3,(H,25,26). The van der Waals surface area contributed by atoms with E-state index < -0.39 is 0 Å². The monoisotopic (exact) mass is 376 g/mol. The van der Waals surface area contributed by atoms with Crippen molar-refractivity contribution in [1.29, 1.82) is 0 Å². The lowest BCUT2D eigenvalue weighted by Crippen LogP contribution is -2.27. The number of esters is 1. The minimum atomic E-state index is -0.388. The van der Waals surface area contributed by atoms with Gasteiger partial charge in [0.05, 0.1) is 17.1 Å². The number of nitrogens with one attached hydrogen (secondary N) is 1. The Morgan fingerprint density at radius 2 is 1.82 bits per heavy atom. The van der Waals surface area contributed by atoms with Gasteiger partial charge in [0.25, 0.3) is 5.91 Å². The molecule has 0 radical (unpaired) electrons. The molecule has 1 N–H and O–H groups in total. The van der Waals surface area contributed by atoms with Gasteiger partial charge in [-0.15, -0.1) is 0 Å². The van der Waals surface area contributed by atoms with Gasteiger partial charge in [0.15, 0.2) is 6.61 Å². The van der Waals surface area contributed by atoms with Crippen molar-refractivity contribution < 1.29 is 14.3 Å². The van der Waals surface area contributed by atoms with Gasteiger partial charge in [-0.1, -0.05) is 56.7 Å². The Morgan fingerprint density at radius 3 is 2.57 bits per heavy atom. The van der Waals surface area contributed by atoms with Crippen molar-refractivity contribution in [2.45, 2.75) is 26.2 Å². The van der Waals surface area contributed by atoms with E-state index in [1.54, 1.807) is 12.3 Å². The van der Waals surface area contributed by atoms with Gasteiger partial charge >= 0.3 is 5.97 Å². The van der Waals surface area contributed by atoms with Crippen molar-refractivity contribution in [3.05, 3.63) is 72.4 Å². The second-order valence-electron chi connectivity index (χ2n) is 6.81. The van der Waals surface area contributed by atoms with E-state index in [2.05, 4.69) is 10.3 Å². The summed E-state index contributed by atoms with van der Waals surface area (Å²) in [5.41, 5.74) is 2.34. The third-order valence-corrected chi connectivity index (χ3v) is 4.89. The number of aromatic nitrogens is 1. The molecule has 5 nitrogen and oxygen atoms in total. The van der Waals surface area contributed by atoms with Gasteiger partial charge in [-0.3, -0.25) is 14.6 Å². The molecule has 0 aliphatic rings. The first-order valence-corrected chi connectivity index (χ1v) is 9.45. The van der Waals surface area contributed by atoms with Gasteiger partial charge in [-0.2, -0.15) is 0 Å². The maximum Gasteiger partial charge on any atom is 0.314 e. The van der Waals surface area contributed by atoms with E-state index in [1.807, 2.05) is 68.4 Å². The second kappa shape index (κ2) is 9.13. The Hall–Kier alpha value is -3.21. The van der Waals surface area contributed by atoms with Crippen LogP contribution < -0.4 is 5.32 Å². The van der Waals surface area contributed by atoms with Crippen molar-refractivity contribution in [2.75, 3.05) is 11.9 Å². The van der Waals surface area contributed by atoms with E-state index in [9.17, 15) is 9.59 Å². The van der Waals surface area contributed by atoms with Gasteiger partial charge in [0.1, 0.15) is 0 Å². The molecule has 1 aromatic heterocycles. The van der Waals surface area contributed by atoms with Crippen LogP contribution in [0.3, 0.4) is 0 Å². The Morgan fingerprint density at radius 1 is 1.04 bits per heavy atom. The molecule has 1 heterocycles. The predicted molar refractivity (Wildman–Crippen MR) is 110 cm³/mol. The van der Waals surface area contributed by atoms with Gasteiger partial charge in [0.2, 0.25) is 0 Å². The Kier molecular flexibility index (Phi) is 6.37. The molecule has 0 spiro atoms. The normalized spacial score (nSPS) is 12.9. The number of carbonyl (C=O) groups excluding carboxylic acids is 2. The Bertz CT molecular complexity index is 951. The van der Waals surface area contributed by atoms with Crippen LogP contribution in [-0.2, 0) is 14.3 Å². The zero-order valence-electron chi connectivity index (χ0n) is 16.1. The summed E-state index contributed by atoms with van der Waals surface area (Å²) in [4.78, 5) is 29.3. The summed E-state index contributed by atoms with van der Waals surface area (Å²) in [6, 6.07) is 18.8. The highest BCUT2D eigenvalue weighted by molar-refractivity contribution is 6.01. The van der Waals surface area contributed by atoms with Crippen molar-refractivity contribution >= 4 is 28.5 Å². The molecule has 0 saturated heterocycles. The number of amides is 1. The topological polar surface area (TPSA) is 68.3 Å². The zero-order chi connectivity index (χ0) is 19.9. The third-order valence-electron chi connectivity index (χ3n) is 4.89. The fourth-order valence-electron chi connectivity index (χ4n) is 3.22. The minimum Gasteiger partial charge on any atom is -0.455 e. The molecule has 3 aromatic rings. The SMILES string of the molecule is CCC(C)C(C(=O)OCC(=O)Nc1cccc2ncccc12)c1ccccc1. The Balaban J connectivity index is 1.66. The summed E-state index contributed by atoms with van der Waals surface area (Å²) < 4.78 is 5.36. The first-order valence-electron chi connectivity index (χ1n) is 9.45. The minimum absolute atomic E-state index is 0.113. The first kappa shape index (κ1) is 19.5. The molecule has 0 aliphatic heterocycles. The average Bonchev–Trinajstić information content (AvgIpc) is 2.73. The molecule has 144 valence electrons. The number of benzene rings is 2. The maximum absolute atomic E-state index is 12.7. The first-order chi connectivity index (χ1) is 13.6. The highest BCUT2D eigenvalue weighted by Crippen LogP contribution is 2.28. The molecule has 5 heteroatoms. The molecular formula is C23H24N2O3. The van der Waals surface area contributed by atoms with Crippen LogP contribution in [-0.4, -0.2) is 23.5 Å². The summed E-state index contributed by atoms with van der Waals surface area (Å²) in [5.74, 6) is -1.03. The van der Waals surface area contributed by atoms with Gasteiger partial charge in [-0.05, 0) is 35.7 Å². The summed E-state index contributed by atoms with van der Waals surface area (Å²) in [5, 5.41) is 3.65. The average molecular weight is 376 g/mol. The van der Waals surface area contributed by atoms with Crippen molar-refractivity contribution in [2.24, 2.45) is 5.92 Å². The molecule has 0 saturated carbocycles. The lowest BCUT2D eigenvalue weighted by atomic mass is 9.86. The molecule has 28 heavy (non-hydrogen) atoms. The predicted octanol–water partition coefficient (Wildman–Crippen LogP) is 4.55. The van der Waals surface area contributed by atoms with E-state index in [1.165, 1.54) is 0 Å². The smallest absolute Gasteiger partial charge is 0.314 e. The van der Waals surface area contributed by atoms with Crippen LogP contribution in [0.25, 0.3) is 10.9 Å². The number of fused-ring (bicyclic) bond motifs is 1. The highest BCUT2D eigenvalue weighted by Gasteiger charge is 2.27. The number of hydrogen-bond donors (Lipinski definition) is 1. The zero-order valence-corrected chi connectivity index (χ0v) is 16.1. The molecule has 2 atom stereocenters. The van der Waals surface area contributed by atoms with Crippen molar-refractivity contribution in [3.8, 4) is 0 Å². The summed E-state index contributed by atoms with van der Waals surface area (Å²) in [6.45, 7) is 3.73. The quantitative estimate of drug-likeness (QED) is 0.615. The van der Waals surface area contributed by atoms with Gasteiger partial charge in [-0.25, -0.2) is 0 Å². The van der Waals surface area contributed by atoms with E-state index in [0.717, 1.165) is 22.9 Å². The van der Waals surface area contributed by atoms with Crippen molar-refractivity contribution in [3.63, 3.8) is 0 Å². The molecule has 1 amide bonds. The molecule has 2 aromatic carbocycles. The molecule has 0 bridgehead atoms. The van der Waals surface area contributed by atoms with Crippen LogP contribution in [0.1, 0.15) is 31.7 Å². The van der Waals surface area contributed by atoms with Crippen LogP contribution in [0.15, 0.2) is 66.9 Å². The number of anilines is 1. The van der Waals surface area contributed by atoms with Crippen molar-refractivity contribution in [1.82, 2.24) is 4.98 Å². The number of rotatable bonds is 7. The number of nitrogens with zero attached hydrogens (tertiary/aromatic N) is 1. The molecule has 0 fully saturated rings. The highest BCUT2D eigenvalue weighted by atomic mass is 16.5. The third kappa shape index (κ3) is 4.55. The van der Waals surface area contributed by atoms with E-state index in [-0.39, 0.29) is 30.3 Å². The molecular weight excluding hydrogens is 352 g/mol. The summed E-state index contributed by atoms with van der Waals surface area (Å²) in [6.07, 6.45) is 2.54. The van der Waals surface area contributed by atoms with E-state index in [0.29, 0.717) is 5.69 Å². The summed E-state index contributed by atoms with van der Waals surface area (Å²) in [7, 11) is 0. The van der Waals surface area contributed by atoms with Crippen LogP contribution in [0, 0.1) is 5.92 Å². The second-order valence-corrected chi connectivity index (χ2v) is 6.81. The number of hydrogen-bond acceptors (Lipinski definition) is 4. The van der Waals surface area contributed by atoms with Crippen LogP contribution in [0.2, 0.25) is 0 Å². The molecule has 3 rings (SSSR count). The summed E-state index contributed by atoms with van der Waals surface area (Å²) >= 11 is 0. The van der Waals surface area contributed by atoms with Crippen LogP contribution in [0.4, 0.5) is 5.69 Å². The molecule has 0 aliphatic carbocycles. The Labute approximate surface area is 164 Å². The van der Waals surface area contributed by atoms with Crippen LogP contribution in [0.5, 0.6) is 0 Å². The van der Waals surface area contributed by atoms with E-state index in [4.69, 9.17) is 4.74 Å². The number of carbonyl (C=O) groups is 2. The largest absolute Gasteiger partial charge is 0.455 e. The number of ether oxygens (including phenoxy) is 1. The fourth-order valence-corrected chi connectivity index (χ4v) is 3.22.